The molecule has 1 aromatic carbocycles. The van der Waals surface area contributed by atoms with Crippen LogP contribution in [0.3, 0.4) is 0 Å². The van der Waals surface area contributed by atoms with E-state index in [1.807, 2.05) is 13.0 Å². The summed E-state index contributed by atoms with van der Waals surface area (Å²) in [5, 5.41) is 0. The second kappa shape index (κ2) is 3.82. The van der Waals surface area contributed by atoms with Crippen molar-refractivity contribution in [2.45, 2.75) is 43.8 Å². The standard InChI is InChI=1S/C15H18O3/c1-14(13(16)17-2)15(18-14)10-6-5-8-11-7-3-4-9-12(11)15/h3-4,7,9H,5-6,8,10H2,1-2H3. The van der Waals surface area contributed by atoms with Gasteiger partial charge in [-0.2, -0.15) is 0 Å². The molecule has 3 heteroatoms. The van der Waals surface area contributed by atoms with E-state index in [0.717, 1.165) is 25.7 Å². The number of carbonyl (C=O) groups excluding carboxylic acids is 1. The molecule has 1 aromatic rings. The predicted molar refractivity (Wildman–Crippen MR) is 67.2 cm³/mol. The van der Waals surface area contributed by atoms with Crippen molar-refractivity contribution in [3.63, 3.8) is 0 Å². The number of benzene rings is 1. The quantitative estimate of drug-likeness (QED) is 0.564. The van der Waals surface area contributed by atoms with Crippen molar-refractivity contribution in [1.82, 2.24) is 0 Å². The van der Waals surface area contributed by atoms with Crippen molar-refractivity contribution in [1.29, 1.82) is 0 Å². The maximum absolute atomic E-state index is 11.9. The van der Waals surface area contributed by atoms with Gasteiger partial charge in [-0.1, -0.05) is 24.3 Å². The second-order valence-electron chi connectivity index (χ2n) is 5.32. The highest BCUT2D eigenvalue weighted by molar-refractivity contribution is 5.85. The van der Waals surface area contributed by atoms with Crippen molar-refractivity contribution in [3.8, 4) is 0 Å². The summed E-state index contributed by atoms with van der Waals surface area (Å²) in [6.07, 6.45) is 4.20. The minimum Gasteiger partial charge on any atom is -0.467 e. The first-order valence-corrected chi connectivity index (χ1v) is 6.51. The zero-order valence-electron chi connectivity index (χ0n) is 10.9. The van der Waals surface area contributed by atoms with E-state index >= 15 is 0 Å². The molecule has 1 spiro atoms. The van der Waals surface area contributed by atoms with Crippen LogP contribution in [0.25, 0.3) is 0 Å². The number of hydrogen-bond donors (Lipinski definition) is 0. The number of aryl methyl sites for hydroxylation is 1. The first-order valence-electron chi connectivity index (χ1n) is 6.51. The highest BCUT2D eigenvalue weighted by Crippen LogP contribution is 2.60. The minimum absolute atomic E-state index is 0.265. The molecule has 0 amide bonds. The summed E-state index contributed by atoms with van der Waals surface area (Å²) in [6.45, 7) is 1.85. The summed E-state index contributed by atoms with van der Waals surface area (Å²) < 4.78 is 10.8. The molecule has 0 radical (unpaired) electrons. The molecular formula is C15H18O3. The van der Waals surface area contributed by atoms with E-state index in [1.54, 1.807) is 0 Å². The molecule has 3 rings (SSSR count). The Morgan fingerprint density at radius 1 is 1.33 bits per heavy atom. The van der Waals surface area contributed by atoms with E-state index in [4.69, 9.17) is 9.47 Å². The van der Waals surface area contributed by atoms with Gasteiger partial charge in [-0.25, -0.2) is 4.79 Å². The van der Waals surface area contributed by atoms with Crippen LogP contribution in [0.1, 0.15) is 37.3 Å². The lowest BCUT2D eigenvalue weighted by atomic mass is 9.83. The largest absolute Gasteiger partial charge is 0.467 e. The molecule has 1 aliphatic heterocycles. The number of carbonyl (C=O) groups is 1. The van der Waals surface area contributed by atoms with Crippen molar-refractivity contribution < 1.29 is 14.3 Å². The van der Waals surface area contributed by atoms with Gasteiger partial charge in [0.15, 0.2) is 5.60 Å². The summed E-state index contributed by atoms with van der Waals surface area (Å²) in [5.74, 6) is -0.265. The van der Waals surface area contributed by atoms with E-state index < -0.39 is 11.2 Å². The van der Waals surface area contributed by atoms with Gasteiger partial charge in [-0.15, -0.1) is 0 Å². The Morgan fingerprint density at radius 3 is 2.89 bits per heavy atom. The Labute approximate surface area is 107 Å². The zero-order chi connectivity index (χ0) is 12.8. The summed E-state index contributed by atoms with van der Waals surface area (Å²) in [7, 11) is 1.42. The lowest BCUT2D eigenvalue weighted by Gasteiger charge is -2.16. The van der Waals surface area contributed by atoms with Crippen molar-refractivity contribution in [2.75, 3.05) is 7.11 Å². The van der Waals surface area contributed by atoms with Gasteiger partial charge < -0.3 is 9.47 Å². The molecule has 18 heavy (non-hydrogen) atoms. The highest BCUT2D eigenvalue weighted by Gasteiger charge is 2.73. The van der Waals surface area contributed by atoms with E-state index in [0.29, 0.717) is 0 Å². The number of hydrogen-bond acceptors (Lipinski definition) is 3. The molecule has 1 fully saturated rings. The Hall–Kier alpha value is -1.35. The van der Waals surface area contributed by atoms with Gasteiger partial charge in [0.1, 0.15) is 5.60 Å². The van der Waals surface area contributed by atoms with Crippen molar-refractivity contribution >= 4 is 5.97 Å². The van der Waals surface area contributed by atoms with Crippen LogP contribution in [0.2, 0.25) is 0 Å². The number of methoxy groups -OCH3 is 1. The molecule has 1 heterocycles. The Kier molecular flexibility index (Phi) is 2.49. The van der Waals surface area contributed by atoms with Gasteiger partial charge in [0.25, 0.3) is 0 Å². The van der Waals surface area contributed by atoms with Crippen LogP contribution in [0.5, 0.6) is 0 Å². The first-order chi connectivity index (χ1) is 8.64. The molecule has 2 unspecified atom stereocenters. The fourth-order valence-corrected chi connectivity index (χ4v) is 3.28. The molecule has 1 aliphatic carbocycles. The molecule has 3 nitrogen and oxygen atoms in total. The second-order valence-corrected chi connectivity index (χ2v) is 5.32. The van der Waals surface area contributed by atoms with Crippen LogP contribution in [-0.4, -0.2) is 18.7 Å². The fraction of sp³-hybridized carbons (Fsp3) is 0.533. The molecule has 0 aromatic heterocycles. The minimum atomic E-state index is -0.803. The Balaban J connectivity index is 2.07. The summed E-state index contributed by atoms with van der Waals surface area (Å²) in [5.41, 5.74) is 1.23. The monoisotopic (exact) mass is 246 g/mol. The molecule has 2 atom stereocenters. The van der Waals surface area contributed by atoms with Crippen molar-refractivity contribution in [3.05, 3.63) is 35.4 Å². The van der Waals surface area contributed by atoms with Crippen LogP contribution in [-0.2, 0) is 26.3 Å². The lowest BCUT2D eigenvalue weighted by Crippen LogP contribution is -2.31. The van der Waals surface area contributed by atoms with Gasteiger partial charge in [0.05, 0.1) is 7.11 Å². The normalized spacial score (nSPS) is 33.7. The van der Waals surface area contributed by atoms with E-state index in [2.05, 4.69) is 18.2 Å². The molecule has 2 aliphatic rings. The maximum Gasteiger partial charge on any atom is 0.341 e. The van der Waals surface area contributed by atoms with Gasteiger partial charge in [0, 0.05) is 0 Å². The molecule has 96 valence electrons. The third-order valence-corrected chi connectivity index (χ3v) is 4.36. The summed E-state index contributed by atoms with van der Waals surface area (Å²) in [6, 6.07) is 8.30. The number of rotatable bonds is 1. The predicted octanol–water partition coefficient (Wildman–Crippen LogP) is 2.57. The zero-order valence-corrected chi connectivity index (χ0v) is 10.9. The molecular weight excluding hydrogens is 228 g/mol. The van der Waals surface area contributed by atoms with Gasteiger partial charge >= 0.3 is 5.97 Å². The van der Waals surface area contributed by atoms with Crippen LogP contribution >= 0.6 is 0 Å². The fourth-order valence-electron chi connectivity index (χ4n) is 3.28. The van der Waals surface area contributed by atoms with Gasteiger partial charge in [-0.3, -0.25) is 0 Å². The molecule has 0 bridgehead atoms. The van der Waals surface area contributed by atoms with E-state index in [1.165, 1.54) is 18.2 Å². The first kappa shape index (κ1) is 11.7. The SMILES string of the molecule is COC(=O)C1(C)OC12CCCCc1ccccc12. The smallest absolute Gasteiger partial charge is 0.341 e. The Bertz CT molecular complexity index is 496. The van der Waals surface area contributed by atoms with Crippen LogP contribution in [0.15, 0.2) is 24.3 Å². The molecule has 1 saturated heterocycles. The van der Waals surface area contributed by atoms with Crippen LogP contribution < -0.4 is 0 Å². The average Bonchev–Trinajstić information content (AvgIpc) is 3.06. The topological polar surface area (TPSA) is 38.8 Å². The van der Waals surface area contributed by atoms with E-state index in [-0.39, 0.29) is 5.97 Å². The highest BCUT2D eigenvalue weighted by atomic mass is 16.7. The third kappa shape index (κ3) is 1.37. The van der Waals surface area contributed by atoms with Gasteiger partial charge in [-0.05, 0) is 43.7 Å². The summed E-state index contributed by atoms with van der Waals surface area (Å²) >= 11 is 0. The number of esters is 1. The molecule has 0 saturated carbocycles. The number of epoxide rings is 1. The Morgan fingerprint density at radius 2 is 2.11 bits per heavy atom. The van der Waals surface area contributed by atoms with Gasteiger partial charge in [0.2, 0.25) is 0 Å². The van der Waals surface area contributed by atoms with E-state index in [9.17, 15) is 4.79 Å². The lowest BCUT2D eigenvalue weighted by molar-refractivity contribution is -0.146. The van der Waals surface area contributed by atoms with Crippen molar-refractivity contribution in [2.24, 2.45) is 0 Å². The number of fused-ring (bicyclic) bond motifs is 2. The number of ether oxygens (including phenoxy) is 2. The summed E-state index contributed by atoms with van der Waals surface area (Å²) in [4.78, 5) is 11.9. The maximum atomic E-state index is 11.9. The third-order valence-electron chi connectivity index (χ3n) is 4.36. The average molecular weight is 246 g/mol. The molecule has 0 N–H and O–H groups in total. The van der Waals surface area contributed by atoms with Crippen LogP contribution in [0, 0.1) is 0 Å². The van der Waals surface area contributed by atoms with Crippen LogP contribution in [0.4, 0.5) is 0 Å².